The lowest BCUT2D eigenvalue weighted by Crippen LogP contribution is -2.54. The monoisotopic (exact) mass is 666 g/mol. The summed E-state index contributed by atoms with van der Waals surface area (Å²) in [7, 11) is 0. The van der Waals surface area contributed by atoms with Crippen molar-refractivity contribution in [2.45, 2.75) is 82.8 Å². The van der Waals surface area contributed by atoms with E-state index in [1.54, 1.807) is 28.4 Å². The molecule has 3 N–H and O–H groups in total. The van der Waals surface area contributed by atoms with Crippen molar-refractivity contribution in [2.24, 2.45) is 5.41 Å². The van der Waals surface area contributed by atoms with Gasteiger partial charge in [-0.15, -0.1) is 11.3 Å². The zero-order valence-electron chi connectivity index (χ0n) is 27.9. The molecular weight excluding hydrogens is 621 g/mol. The second-order valence-electron chi connectivity index (χ2n) is 13.8. The van der Waals surface area contributed by atoms with Crippen LogP contribution in [0.5, 0.6) is 0 Å². The predicted molar refractivity (Wildman–Crippen MR) is 191 cm³/mol. The van der Waals surface area contributed by atoms with E-state index in [-0.39, 0.29) is 30.0 Å². The first-order valence-electron chi connectivity index (χ1n) is 17.1. The fraction of sp³-hybridized carbons (Fsp3) is 0.400. The van der Waals surface area contributed by atoms with E-state index in [0.717, 1.165) is 24.0 Å². The Labute approximate surface area is 287 Å². The highest BCUT2D eigenvalue weighted by Gasteiger charge is 2.57. The molecule has 3 aliphatic rings. The van der Waals surface area contributed by atoms with E-state index in [2.05, 4.69) is 31.3 Å². The van der Waals surface area contributed by atoms with Gasteiger partial charge in [-0.05, 0) is 117 Å². The second-order valence-corrected chi connectivity index (χ2v) is 14.8. The van der Waals surface area contributed by atoms with Crippen molar-refractivity contribution in [3.63, 3.8) is 0 Å². The Morgan fingerprint density at radius 3 is 2.62 bits per heavy atom. The Morgan fingerprint density at radius 1 is 1.04 bits per heavy atom. The summed E-state index contributed by atoms with van der Waals surface area (Å²) in [4.78, 5) is 30.8. The number of para-hydroxylation sites is 1. The molecule has 2 heterocycles. The van der Waals surface area contributed by atoms with Crippen LogP contribution in [0.1, 0.15) is 90.4 Å². The Bertz CT molecular complexity index is 1720. The number of furan rings is 1. The summed E-state index contributed by atoms with van der Waals surface area (Å²) in [6, 6.07) is 22.6. The van der Waals surface area contributed by atoms with E-state index in [1.165, 1.54) is 16.7 Å². The standard InChI is InChI=1S/C40H46N2O5S/c1-28-9-6-20-39(2)35(33-17-15-29(25-31(43)16-14-28)26-34(33)37(44)36-13-7-23-47-36)18-21-40(39,46)27-42(22-19-32-12-8-24-48-32)38(45)41-30-10-4-3-5-11-30/h3-5,7-13,15,17,23-24,26,31,35,43,46H,6,14,16,18-22,25,27H2,1-2H3,(H,41,45). The van der Waals surface area contributed by atoms with Crippen molar-refractivity contribution in [3.05, 3.63) is 123 Å². The topological polar surface area (TPSA) is 103 Å². The molecule has 1 fully saturated rings. The first-order chi connectivity index (χ1) is 23.1. The van der Waals surface area contributed by atoms with Gasteiger partial charge in [0.2, 0.25) is 5.78 Å². The molecule has 4 atom stereocenters. The zero-order chi connectivity index (χ0) is 33.7. The van der Waals surface area contributed by atoms with Crippen LogP contribution >= 0.6 is 11.3 Å². The van der Waals surface area contributed by atoms with Crippen molar-refractivity contribution in [1.29, 1.82) is 0 Å². The van der Waals surface area contributed by atoms with Crippen molar-refractivity contribution < 1.29 is 24.2 Å². The average Bonchev–Trinajstić information content (AvgIpc) is 3.85. The van der Waals surface area contributed by atoms with Gasteiger partial charge >= 0.3 is 6.03 Å². The summed E-state index contributed by atoms with van der Waals surface area (Å²) in [5.41, 5.74) is 2.36. The van der Waals surface area contributed by atoms with E-state index in [1.807, 2.05) is 60.0 Å². The SMILES string of the molecule is CC1=CCCC2(C)C(CCC2(O)CN(CCc2cccs2)C(=O)Nc2ccccc2)c2ccc(cc2C(=O)c2ccco2)CC(O)CC1. The van der Waals surface area contributed by atoms with Crippen LogP contribution in [-0.2, 0) is 12.8 Å². The number of hydrogen-bond donors (Lipinski definition) is 3. The lowest BCUT2D eigenvalue weighted by Gasteiger charge is -2.46. The number of benzene rings is 2. The highest BCUT2D eigenvalue weighted by atomic mass is 32.1. The van der Waals surface area contributed by atoms with E-state index in [9.17, 15) is 19.8 Å². The average molecular weight is 667 g/mol. The molecule has 0 radical (unpaired) electrons. The van der Waals surface area contributed by atoms with Crippen LogP contribution in [0.2, 0.25) is 0 Å². The molecule has 4 aromatic rings. The smallest absolute Gasteiger partial charge is 0.321 e. The molecule has 8 heteroatoms. The molecule has 2 bridgehead atoms. The van der Waals surface area contributed by atoms with Gasteiger partial charge in [-0.25, -0.2) is 4.79 Å². The molecule has 2 aromatic heterocycles. The summed E-state index contributed by atoms with van der Waals surface area (Å²) in [5.74, 6) is -0.0870. The number of anilines is 1. The molecule has 0 aliphatic heterocycles. The van der Waals surface area contributed by atoms with Crippen molar-refractivity contribution >= 4 is 28.8 Å². The predicted octanol–water partition coefficient (Wildman–Crippen LogP) is 8.39. The van der Waals surface area contributed by atoms with Crippen molar-refractivity contribution in [3.8, 4) is 0 Å². The zero-order valence-corrected chi connectivity index (χ0v) is 28.7. The van der Waals surface area contributed by atoms with Crippen LogP contribution in [0, 0.1) is 5.41 Å². The molecule has 1 saturated carbocycles. The summed E-state index contributed by atoms with van der Waals surface area (Å²) in [5, 5.41) is 28.8. The fourth-order valence-electron chi connectivity index (χ4n) is 7.73. The number of hydrogen-bond acceptors (Lipinski definition) is 6. The Hall–Kier alpha value is -3.98. The lowest BCUT2D eigenvalue weighted by molar-refractivity contribution is -0.0762. The van der Waals surface area contributed by atoms with Gasteiger partial charge < -0.3 is 24.8 Å². The number of aliphatic hydroxyl groups is 2. The van der Waals surface area contributed by atoms with E-state index in [4.69, 9.17) is 4.42 Å². The largest absolute Gasteiger partial charge is 0.461 e. The van der Waals surface area contributed by atoms with Crippen LogP contribution in [0.15, 0.2) is 101 Å². The fourth-order valence-corrected chi connectivity index (χ4v) is 8.43. The lowest BCUT2D eigenvalue weighted by atomic mass is 9.64. The summed E-state index contributed by atoms with van der Waals surface area (Å²) >= 11 is 1.66. The number of nitrogens with one attached hydrogen (secondary N) is 1. The molecule has 0 saturated heterocycles. The van der Waals surface area contributed by atoms with Crippen LogP contribution in [0.4, 0.5) is 10.5 Å². The number of allylic oxidation sites excluding steroid dienone is 2. The third kappa shape index (κ3) is 7.36. The maximum Gasteiger partial charge on any atom is 0.321 e. The number of fused-ring (bicyclic) bond motifs is 8. The van der Waals surface area contributed by atoms with Crippen molar-refractivity contribution in [1.82, 2.24) is 4.90 Å². The van der Waals surface area contributed by atoms with E-state index >= 15 is 0 Å². The van der Waals surface area contributed by atoms with E-state index < -0.39 is 17.1 Å². The minimum Gasteiger partial charge on any atom is -0.461 e. The molecule has 252 valence electrons. The Kier molecular flexibility index (Phi) is 10.3. The number of ketones is 1. The van der Waals surface area contributed by atoms with Crippen LogP contribution < -0.4 is 5.32 Å². The molecule has 4 unspecified atom stereocenters. The number of amides is 2. The number of rotatable bonds is 8. The molecule has 7 nitrogen and oxygen atoms in total. The first kappa shape index (κ1) is 33.9. The van der Waals surface area contributed by atoms with E-state index in [0.29, 0.717) is 56.3 Å². The van der Waals surface area contributed by atoms with Gasteiger partial charge in [-0.3, -0.25) is 4.79 Å². The number of carbonyl (C=O) groups excluding carboxylic acids is 2. The second kappa shape index (κ2) is 14.6. The van der Waals surface area contributed by atoms with Crippen LogP contribution in [-0.4, -0.2) is 51.7 Å². The van der Waals surface area contributed by atoms with Crippen LogP contribution in [0.25, 0.3) is 0 Å². The Morgan fingerprint density at radius 2 is 1.88 bits per heavy atom. The minimum atomic E-state index is -1.22. The van der Waals surface area contributed by atoms with Gasteiger partial charge in [0.05, 0.1) is 24.5 Å². The minimum absolute atomic E-state index is 0.150. The molecule has 3 aliphatic carbocycles. The quantitative estimate of drug-likeness (QED) is 0.130. The Balaban J connectivity index is 1.38. The highest BCUT2D eigenvalue weighted by Crippen LogP contribution is 2.59. The van der Waals surface area contributed by atoms with Gasteiger partial charge in [0.25, 0.3) is 0 Å². The molecule has 7 rings (SSSR count). The highest BCUT2D eigenvalue weighted by molar-refractivity contribution is 7.09. The maximum absolute atomic E-state index is 14.0. The van der Waals surface area contributed by atoms with Crippen molar-refractivity contribution in [2.75, 3.05) is 18.4 Å². The number of nitrogens with zero attached hydrogens (tertiary/aromatic N) is 1. The summed E-state index contributed by atoms with van der Waals surface area (Å²) < 4.78 is 5.57. The number of thiophene rings is 1. The molecular formula is C40H46N2O5S. The summed E-state index contributed by atoms with van der Waals surface area (Å²) in [6.45, 7) is 4.87. The number of carbonyl (C=O) groups is 2. The maximum atomic E-state index is 14.0. The third-order valence-electron chi connectivity index (χ3n) is 10.6. The third-order valence-corrected chi connectivity index (χ3v) is 11.6. The van der Waals surface area contributed by atoms with Gasteiger partial charge in [-0.1, -0.05) is 55.0 Å². The van der Waals surface area contributed by atoms with Gasteiger partial charge in [0.1, 0.15) is 0 Å². The molecule has 48 heavy (non-hydrogen) atoms. The molecule has 0 spiro atoms. The van der Waals surface area contributed by atoms with Crippen LogP contribution in [0.3, 0.4) is 0 Å². The summed E-state index contributed by atoms with van der Waals surface area (Å²) in [6.07, 6.45) is 8.32. The molecule has 2 aromatic carbocycles. The van der Waals surface area contributed by atoms with Gasteiger partial charge in [-0.2, -0.15) is 0 Å². The number of aliphatic hydroxyl groups excluding tert-OH is 1. The van der Waals surface area contributed by atoms with Gasteiger partial charge in [0.15, 0.2) is 5.76 Å². The number of urea groups is 1. The first-order valence-corrected chi connectivity index (χ1v) is 17.9. The molecule has 2 amide bonds. The normalized spacial score (nSPS) is 24.4. The van der Waals surface area contributed by atoms with Gasteiger partial charge in [0, 0.05) is 28.1 Å².